The zero-order chi connectivity index (χ0) is 19.5. The normalized spacial score (nSPS) is 15.0. The summed E-state index contributed by atoms with van der Waals surface area (Å²) in [5.41, 5.74) is 2.90. The van der Waals surface area contributed by atoms with Crippen LogP contribution in [0.1, 0.15) is 5.56 Å². The van der Waals surface area contributed by atoms with Gasteiger partial charge < -0.3 is 10.2 Å². The molecule has 146 valence electrons. The molecular formula is C20H21N9. The van der Waals surface area contributed by atoms with Gasteiger partial charge in [0.25, 0.3) is 0 Å². The molecule has 29 heavy (non-hydrogen) atoms. The van der Waals surface area contributed by atoms with Gasteiger partial charge in [-0.25, -0.2) is 4.98 Å². The van der Waals surface area contributed by atoms with Gasteiger partial charge in [-0.1, -0.05) is 18.2 Å². The molecule has 0 atom stereocenters. The molecule has 1 aliphatic heterocycles. The van der Waals surface area contributed by atoms with Gasteiger partial charge in [0.2, 0.25) is 0 Å². The molecule has 4 aromatic rings. The number of hydrogen-bond acceptors (Lipinski definition) is 8. The van der Waals surface area contributed by atoms with Crippen LogP contribution in [0, 0.1) is 0 Å². The lowest BCUT2D eigenvalue weighted by molar-refractivity contribution is 0.249. The van der Waals surface area contributed by atoms with Crippen molar-refractivity contribution in [2.75, 3.05) is 36.4 Å². The summed E-state index contributed by atoms with van der Waals surface area (Å²) in [6.07, 6.45) is 1.85. The molecule has 5 rings (SSSR count). The van der Waals surface area contributed by atoms with Crippen molar-refractivity contribution in [3.8, 4) is 0 Å². The maximum absolute atomic E-state index is 4.45. The Hall–Kier alpha value is -3.59. The van der Waals surface area contributed by atoms with Gasteiger partial charge in [-0.05, 0) is 52.4 Å². The number of rotatable bonds is 5. The van der Waals surface area contributed by atoms with Crippen LogP contribution in [-0.2, 0) is 6.54 Å². The van der Waals surface area contributed by atoms with E-state index in [4.69, 9.17) is 0 Å². The average Bonchev–Trinajstić information content (AvgIpc) is 3.24. The van der Waals surface area contributed by atoms with Gasteiger partial charge in [-0.2, -0.15) is 0 Å². The molecule has 1 aliphatic rings. The van der Waals surface area contributed by atoms with Crippen molar-refractivity contribution in [1.82, 2.24) is 35.1 Å². The molecule has 0 amide bonds. The summed E-state index contributed by atoms with van der Waals surface area (Å²) >= 11 is 0. The molecule has 0 unspecified atom stereocenters. The van der Waals surface area contributed by atoms with Gasteiger partial charge >= 0.3 is 0 Å². The van der Waals surface area contributed by atoms with Crippen LogP contribution in [0.4, 0.5) is 17.3 Å². The van der Waals surface area contributed by atoms with E-state index >= 15 is 0 Å². The number of nitrogens with one attached hydrogen (secondary N) is 1. The fraction of sp³-hybridized carbons (Fsp3) is 0.250. The number of nitrogens with zero attached hydrogens (tertiary/aromatic N) is 8. The third kappa shape index (κ3) is 3.99. The Morgan fingerprint density at radius 3 is 2.55 bits per heavy atom. The predicted octanol–water partition coefficient (Wildman–Crippen LogP) is 1.98. The van der Waals surface area contributed by atoms with Gasteiger partial charge in [-0.3, -0.25) is 4.90 Å². The number of fused-ring (bicyclic) bond motifs is 1. The second-order valence-corrected chi connectivity index (χ2v) is 7.02. The predicted molar refractivity (Wildman–Crippen MR) is 110 cm³/mol. The minimum atomic E-state index is 0.619. The molecule has 9 nitrogen and oxygen atoms in total. The number of benzene rings is 1. The maximum Gasteiger partial charge on any atom is 0.200 e. The van der Waals surface area contributed by atoms with E-state index in [2.05, 4.69) is 71.1 Å². The zero-order valence-electron chi connectivity index (χ0n) is 15.9. The topological polar surface area (TPSA) is 87.4 Å². The molecule has 1 aromatic carbocycles. The summed E-state index contributed by atoms with van der Waals surface area (Å²) in [5.74, 6) is 1.76. The molecule has 1 fully saturated rings. The summed E-state index contributed by atoms with van der Waals surface area (Å²) in [5, 5.41) is 18.9. The number of pyridine rings is 1. The molecule has 1 saturated heterocycles. The SMILES string of the molecule is c1ccc(N2CCN(Cc3ccc(Nc4ccc5nnnn5n4)cc3)CC2)nc1. The van der Waals surface area contributed by atoms with Crippen LogP contribution < -0.4 is 10.2 Å². The van der Waals surface area contributed by atoms with Crippen molar-refractivity contribution >= 4 is 23.0 Å². The van der Waals surface area contributed by atoms with Crippen LogP contribution in [0.5, 0.6) is 0 Å². The number of anilines is 3. The first-order valence-corrected chi connectivity index (χ1v) is 9.63. The molecule has 0 spiro atoms. The third-order valence-corrected chi connectivity index (χ3v) is 5.05. The van der Waals surface area contributed by atoms with E-state index in [0.29, 0.717) is 11.5 Å². The van der Waals surface area contributed by atoms with Crippen molar-refractivity contribution in [3.05, 3.63) is 66.4 Å². The van der Waals surface area contributed by atoms with Crippen LogP contribution >= 0.6 is 0 Å². The van der Waals surface area contributed by atoms with E-state index in [-0.39, 0.29) is 0 Å². The highest BCUT2D eigenvalue weighted by molar-refractivity contribution is 5.57. The zero-order valence-corrected chi connectivity index (χ0v) is 15.9. The Morgan fingerprint density at radius 2 is 1.76 bits per heavy atom. The smallest absolute Gasteiger partial charge is 0.200 e. The Morgan fingerprint density at radius 1 is 0.897 bits per heavy atom. The molecule has 0 bridgehead atoms. The molecule has 1 N–H and O–H groups in total. The monoisotopic (exact) mass is 387 g/mol. The van der Waals surface area contributed by atoms with E-state index in [1.807, 2.05) is 30.5 Å². The fourth-order valence-electron chi connectivity index (χ4n) is 3.49. The summed E-state index contributed by atoms with van der Waals surface area (Å²) < 4.78 is 1.40. The van der Waals surface area contributed by atoms with E-state index in [0.717, 1.165) is 44.2 Å². The molecule has 9 heteroatoms. The number of piperazine rings is 1. The van der Waals surface area contributed by atoms with Gasteiger partial charge in [0.1, 0.15) is 5.82 Å². The minimum absolute atomic E-state index is 0.619. The number of hydrogen-bond donors (Lipinski definition) is 1. The second-order valence-electron chi connectivity index (χ2n) is 7.02. The lowest BCUT2D eigenvalue weighted by atomic mass is 10.1. The van der Waals surface area contributed by atoms with E-state index in [1.165, 1.54) is 10.2 Å². The molecule has 3 aromatic heterocycles. The first-order chi connectivity index (χ1) is 14.3. The standard InChI is InChI=1S/C20H21N9/c1-2-10-21-19(3-1)28-13-11-27(12-14-28)15-16-4-6-17(7-5-16)22-18-8-9-20-23-25-26-29(20)24-18/h1-10H,11-15H2,(H,22,24). The first-order valence-electron chi connectivity index (χ1n) is 9.63. The van der Waals surface area contributed by atoms with Gasteiger partial charge in [0.15, 0.2) is 11.5 Å². The van der Waals surface area contributed by atoms with Gasteiger partial charge in [-0.15, -0.1) is 14.8 Å². The molecule has 0 radical (unpaired) electrons. The quantitative estimate of drug-likeness (QED) is 0.556. The van der Waals surface area contributed by atoms with E-state index < -0.39 is 0 Å². The lowest BCUT2D eigenvalue weighted by Crippen LogP contribution is -2.46. The first kappa shape index (κ1) is 17.5. The van der Waals surface area contributed by atoms with Crippen molar-refractivity contribution < 1.29 is 0 Å². The van der Waals surface area contributed by atoms with Crippen LogP contribution in [0.2, 0.25) is 0 Å². The van der Waals surface area contributed by atoms with Crippen LogP contribution in [0.25, 0.3) is 5.65 Å². The van der Waals surface area contributed by atoms with Crippen molar-refractivity contribution in [2.24, 2.45) is 0 Å². The highest BCUT2D eigenvalue weighted by atomic mass is 15.6. The molecule has 0 aliphatic carbocycles. The largest absolute Gasteiger partial charge is 0.354 e. The minimum Gasteiger partial charge on any atom is -0.354 e. The van der Waals surface area contributed by atoms with Crippen LogP contribution in [0.3, 0.4) is 0 Å². The number of tetrazole rings is 1. The Bertz CT molecular complexity index is 1070. The van der Waals surface area contributed by atoms with Crippen LogP contribution in [0.15, 0.2) is 60.8 Å². The Balaban J connectivity index is 1.17. The number of aromatic nitrogens is 6. The second kappa shape index (κ2) is 7.80. The van der Waals surface area contributed by atoms with Crippen molar-refractivity contribution in [1.29, 1.82) is 0 Å². The lowest BCUT2D eigenvalue weighted by Gasteiger charge is -2.35. The van der Waals surface area contributed by atoms with E-state index in [1.54, 1.807) is 0 Å². The molecule has 4 heterocycles. The van der Waals surface area contributed by atoms with Crippen molar-refractivity contribution in [2.45, 2.75) is 6.54 Å². The summed E-state index contributed by atoms with van der Waals surface area (Å²) in [4.78, 5) is 9.28. The summed E-state index contributed by atoms with van der Waals surface area (Å²) in [6, 6.07) is 18.2. The van der Waals surface area contributed by atoms with Crippen molar-refractivity contribution in [3.63, 3.8) is 0 Å². The van der Waals surface area contributed by atoms with E-state index in [9.17, 15) is 0 Å². The third-order valence-electron chi connectivity index (χ3n) is 5.05. The fourth-order valence-corrected chi connectivity index (χ4v) is 3.49. The average molecular weight is 387 g/mol. The van der Waals surface area contributed by atoms with Crippen LogP contribution in [-0.4, -0.2) is 61.3 Å². The Labute approximate surface area is 168 Å². The summed E-state index contributed by atoms with van der Waals surface area (Å²) in [7, 11) is 0. The maximum atomic E-state index is 4.45. The highest BCUT2D eigenvalue weighted by Crippen LogP contribution is 2.18. The summed E-state index contributed by atoms with van der Waals surface area (Å²) in [6.45, 7) is 5.02. The molecular weight excluding hydrogens is 366 g/mol. The highest BCUT2D eigenvalue weighted by Gasteiger charge is 2.17. The molecule has 0 saturated carbocycles. The Kier molecular flexibility index (Phi) is 4.71. The van der Waals surface area contributed by atoms with Gasteiger partial charge in [0, 0.05) is 44.6 Å². The van der Waals surface area contributed by atoms with Gasteiger partial charge in [0.05, 0.1) is 0 Å².